The number of rotatable bonds is 5. The average molecular weight is 445 g/mol. The SMILES string of the molecule is CN(CC(C)(C)CO)C(=O)c1ccc2c(c1)c(-c1cc3c(ncc4cnn(C)c43)[nH]1)cn2C. The van der Waals surface area contributed by atoms with E-state index in [2.05, 4.69) is 31.9 Å². The number of amides is 1. The maximum atomic E-state index is 13.1. The van der Waals surface area contributed by atoms with Gasteiger partial charge < -0.3 is 19.6 Å². The van der Waals surface area contributed by atoms with Crippen LogP contribution in [0.3, 0.4) is 0 Å². The van der Waals surface area contributed by atoms with Gasteiger partial charge in [0.25, 0.3) is 5.91 Å². The molecule has 0 saturated heterocycles. The van der Waals surface area contributed by atoms with Crippen LogP contribution in [0.4, 0.5) is 0 Å². The summed E-state index contributed by atoms with van der Waals surface area (Å²) in [6, 6.07) is 7.90. The van der Waals surface area contributed by atoms with Crippen molar-refractivity contribution in [2.45, 2.75) is 13.8 Å². The number of H-pyrrole nitrogens is 1. The second kappa shape index (κ2) is 7.45. The maximum Gasteiger partial charge on any atom is 0.253 e. The lowest BCUT2D eigenvalue weighted by atomic mass is 9.94. The van der Waals surface area contributed by atoms with E-state index >= 15 is 0 Å². The molecule has 4 aromatic heterocycles. The minimum absolute atomic E-state index is 0.0187. The van der Waals surface area contributed by atoms with E-state index in [0.717, 1.165) is 44.1 Å². The number of aryl methyl sites for hydroxylation is 2. The second-order valence-electron chi connectivity index (χ2n) is 9.64. The van der Waals surface area contributed by atoms with Gasteiger partial charge >= 0.3 is 0 Å². The zero-order valence-corrected chi connectivity index (χ0v) is 19.5. The highest BCUT2D eigenvalue weighted by Gasteiger charge is 2.23. The van der Waals surface area contributed by atoms with Crippen LogP contribution in [0.1, 0.15) is 24.2 Å². The first-order chi connectivity index (χ1) is 15.7. The third-order valence-corrected chi connectivity index (χ3v) is 6.32. The number of nitrogens with one attached hydrogen (secondary N) is 1. The fourth-order valence-corrected chi connectivity index (χ4v) is 4.61. The number of hydrogen-bond acceptors (Lipinski definition) is 4. The Morgan fingerprint density at radius 1 is 1.18 bits per heavy atom. The molecule has 5 aromatic rings. The molecule has 33 heavy (non-hydrogen) atoms. The Morgan fingerprint density at radius 2 is 1.97 bits per heavy atom. The summed E-state index contributed by atoms with van der Waals surface area (Å²) in [4.78, 5) is 22.8. The molecule has 8 heteroatoms. The van der Waals surface area contributed by atoms with Gasteiger partial charge in [0.1, 0.15) is 5.65 Å². The topological polar surface area (TPSA) is 92.0 Å². The van der Waals surface area contributed by atoms with Gasteiger partial charge in [-0.2, -0.15) is 5.10 Å². The van der Waals surface area contributed by atoms with E-state index < -0.39 is 0 Å². The molecule has 0 aliphatic carbocycles. The molecule has 0 radical (unpaired) electrons. The number of aromatic amines is 1. The van der Waals surface area contributed by atoms with Crippen LogP contribution in [-0.4, -0.2) is 60.4 Å². The van der Waals surface area contributed by atoms with Crippen molar-refractivity contribution in [3.63, 3.8) is 0 Å². The van der Waals surface area contributed by atoms with Crippen molar-refractivity contribution in [3.8, 4) is 11.3 Å². The van der Waals surface area contributed by atoms with E-state index in [1.807, 2.05) is 63.2 Å². The van der Waals surface area contributed by atoms with Crippen LogP contribution >= 0.6 is 0 Å². The number of nitrogens with zero attached hydrogens (tertiary/aromatic N) is 5. The number of hydrogen-bond donors (Lipinski definition) is 2. The molecule has 1 amide bonds. The van der Waals surface area contributed by atoms with Gasteiger partial charge in [-0.05, 0) is 24.3 Å². The van der Waals surface area contributed by atoms with Crippen molar-refractivity contribution in [3.05, 3.63) is 48.4 Å². The fourth-order valence-electron chi connectivity index (χ4n) is 4.61. The van der Waals surface area contributed by atoms with Crippen molar-refractivity contribution in [1.29, 1.82) is 0 Å². The first-order valence-corrected chi connectivity index (χ1v) is 10.9. The van der Waals surface area contributed by atoms with Gasteiger partial charge in [-0.3, -0.25) is 9.48 Å². The molecule has 4 heterocycles. The average Bonchev–Trinajstić information content (AvgIpc) is 3.47. The Morgan fingerprint density at radius 3 is 2.73 bits per heavy atom. The smallest absolute Gasteiger partial charge is 0.253 e. The lowest BCUT2D eigenvalue weighted by Crippen LogP contribution is -2.37. The van der Waals surface area contributed by atoms with Crippen LogP contribution in [0.5, 0.6) is 0 Å². The molecule has 0 aliphatic rings. The Kier molecular flexibility index (Phi) is 4.79. The van der Waals surface area contributed by atoms with E-state index in [-0.39, 0.29) is 17.9 Å². The van der Waals surface area contributed by atoms with Crippen molar-refractivity contribution in [1.82, 2.24) is 29.2 Å². The van der Waals surface area contributed by atoms with Crippen molar-refractivity contribution < 1.29 is 9.90 Å². The molecular formula is C25H28N6O2. The molecule has 0 unspecified atom stereocenters. The molecule has 8 nitrogen and oxygen atoms in total. The number of pyridine rings is 1. The highest BCUT2D eigenvalue weighted by Crippen LogP contribution is 2.34. The first kappa shape index (κ1) is 21.2. The highest BCUT2D eigenvalue weighted by molar-refractivity contribution is 6.07. The quantitative estimate of drug-likeness (QED) is 0.432. The van der Waals surface area contributed by atoms with Crippen LogP contribution in [0.15, 0.2) is 42.9 Å². The summed E-state index contributed by atoms with van der Waals surface area (Å²) in [5.41, 5.74) is 5.08. The highest BCUT2D eigenvalue weighted by atomic mass is 16.3. The lowest BCUT2D eigenvalue weighted by molar-refractivity contribution is 0.0663. The van der Waals surface area contributed by atoms with Crippen LogP contribution in [0.25, 0.3) is 44.1 Å². The summed E-state index contributed by atoms with van der Waals surface area (Å²) in [6.07, 6.45) is 5.72. The van der Waals surface area contributed by atoms with E-state index in [9.17, 15) is 9.90 Å². The monoisotopic (exact) mass is 444 g/mol. The van der Waals surface area contributed by atoms with Gasteiger partial charge in [0, 0.05) is 90.6 Å². The molecule has 0 saturated carbocycles. The van der Waals surface area contributed by atoms with Gasteiger partial charge in [0.15, 0.2) is 0 Å². The van der Waals surface area contributed by atoms with E-state index in [0.29, 0.717) is 12.1 Å². The number of aliphatic hydroxyl groups is 1. The largest absolute Gasteiger partial charge is 0.396 e. The van der Waals surface area contributed by atoms with E-state index in [1.54, 1.807) is 11.9 Å². The minimum Gasteiger partial charge on any atom is -0.396 e. The van der Waals surface area contributed by atoms with Gasteiger partial charge in [-0.15, -0.1) is 0 Å². The summed E-state index contributed by atoms with van der Waals surface area (Å²) in [5.74, 6) is -0.0665. The number of fused-ring (bicyclic) bond motifs is 4. The Hall–Kier alpha value is -3.65. The normalized spacial score (nSPS) is 12.3. The zero-order valence-electron chi connectivity index (χ0n) is 19.5. The van der Waals surface area contributed by atoms with Gasteiger partial charge in [-0.1, -0.05) is 13.8 Å². The van der Waals surface area contributed by atoms with Gasteiger partial charge in [0.2, 0.25) is 0 Å². The molecule has 0 atom stereocenters. The number of aliphatic hydroxyl groups excluding tert-OH is 1. The molecule has 170 valence electrons. The van der Waals surface area contributed by atoms with Crippen LogP contribution in [0.2, 0.25) is 0 Å². The molecule has 1 aromatic carbocycles. The summed E-state index contributed by atoms with van der Waals surface area (Å²) in [6.45, 7) is 4.37. The maximum absolute atomic E-state index is 13.1. The first-order valence-electron chi connectivity index (χ1n) is 10.9. The van der Waals surface area contributed by atoms with Crippen molar-refractivity contribution in [2.24, 2.45) is 19.5 Å². The van der Waals surface area contributed by atoms with Gasteiger partial charge in [0.05, 0.1) is 11.7 Å². The molecule has 0 fully saturated rings. The van der Waals surface area contributed by atoms with Crippen molar-refractivity contribution in [2.75, 3.05) is 20.2 Å². The summed E-state index contributed by atoms with van der Waals surface area (Å²) in [5, 5.41) is 16.9. The Bertz CT molecular complexity index is 1520. The van der Waals surface area contributed by atoms with E-state index in [4.69, 9.17) is 0 Å². The predicted octanol–water partition coefficient (Wildman–Crippen LogP) is 3.70. The summed E-state index contributed by atoms with van der Waals surface area (Å²) < 4.78 is 3.93. The van der Waals surface area contributed by atoms with Crippen LogP contribution in [-0.2, 0) is 14.1 Å². The second-order valence-corrected chi connectivity index (χ2v) is 9.64. The Balaban J connectivity index is 1.60. The molecule has 0 spiro atoms. The molecule has 0 bridgehead atoms. The number of benzene rings is 1. The molecule has 5 rings (SSSR count). The third kappa shape index (κ3) is 3.47. The van der Waals surface area contributed by atoms with Crippen LogP contribution in [0, 0.1) is 5.41 Å². The molecular weight excluding hydrogens is 416 g/mol. The van der Waals surface area contributed by atoms with Crippen LogP contribution < -0.4 is 0 Å². The summed E-state index contributed by atoms with van der Waals surface area (Å²) in [7, 11) is 5.71. The summed E-state index contributed by atoms with van der Waals surface area (Å²) >= 11 is 0. The number of carbonyl (C=O) groups is 1. The number of aromatic nitrogens is 5. The molecule has 0 aliphatic heterocycles. The predicted molar refractivity (Wildman–Crippen MR) is 130 cm³/mol. The lowest BCUT2D eigenvalue weighted by Gasteiger charge is -2.28. The standard InChI is InChI=1S/C25H28N6O2/c1-25(2,14-32)13-30(4)24(33)15-6-7-21-17(8-15)19(12-29(21)3)20-9-18-22-16(11-27-31(22)5)10-26-23(18)28-20/h6-12,32H,13-14H2,1-5H3,(H,26,28). The zero-order chi connectivity index (χ0) is 23.5. The minimum atomic E-state index is -0.360. The fraction of sp³-hybridized carbons (Fsp3) is 0.320. The van der Waals surface area contributed by atoms with Gasteiger partial charge in [-0.25, -0.2) is 4.98 Å². The van der Waals surface area contributed by atoms with E-state index in [1.165, 1.54) is 0 Å². The van der Waals surface area contributed by atoms with Crippen molar-refractivity contribution >= 4 is 38.7 Å². The Labute approximate surface area is 191 Å². The number of carbonyl (C=O) groups excluding carboxylic acids is 1. The molecule has 2 N–H and O–H groups in total. The third-order valence-electron chi connectivity index (χ3n) is 6.32.